The largest absolute Gasteiger partial charge is 0.453 e. The van der Waals surface area contributed by atoms with Crippen molar-refractivity contribution in [1.82, 2.24) is 24.9 Å². The summed E-state index contributed by atoms with van der Waals surface area (Å²) >= 11 is 1.56. The number of halogens is 1. The number of carbonyl (C=O) groups excluding carboxylic acids is 1. The molecule has 1 aliphatic rings. The molecular weight excluding hydrogens is 469 g/mol. The molecule has 178 valence electrons. The summed E-state index contributed by atoms with van der Waals surface area (Å²) in [6.45, 7) is 3.11. The highest BCUT2D eigenvalue weighted by atomic mass is 32.1. The first kappa shape index (κ1) is 22.9. The first-order valence-electron chi connectivity index (χ1n) is 11.1. The Kier molecular flexibility index (Phi) is 6.92. The van der Waals surface area contributed by atoms with E-state index in [0.29, 0.717) is 55.8 Å². The third-order valence-corrected chi connectivity index (χ3v) is 6.35. The molecule has 1 aromatic carbocycles. The Bertz CT molecular complexity index is 1300. The normalized spacial score (nSPS) is 14.5. The predicted molar refractivity (Wildman–Crippen MR) is 129 cm³/mol. The van der Waals surface area contributed by atoms with Crippen molar-refractivity contribution in [3.8, 4) is 22.2 Å². The number of hydrogen-bond acceptors (Lipinski definition) is 8. The molecule has 4 heterocycles. The van der Waals surface area contributed by atoms with E-state index < -0.39 is 5.82 Å². The van der Waals surface area contributed by atoms with Gasteiger partial charge >= 0.3 is 0 Å². The Morgan fingerprint density at radius 3 is 2.80 bits per heavy atom. The molecule has 0 unspecified atom stereocenters. The van der Waals surface area contributed by atoms with Gasteiger partial charge in [0.15, 0.2) is 11.6 Å². The lowest BCUT2D eigenvalue weighted by Gasteiger charge is -2.33. The Balaban J connectivity index is 1.11. The maximum atomic E-state index is 14.4. The zero-order valence-electron chi connectivity index (χ0n) is 18.7. The Morgan fingerprint density at radius 2 is 2.06 bits per heavy atom. The van der Waals surface area contributed by atoms with Crippen LogP contribution in [0.1, 0.15) is 11.5 Å². The van der Waals surface area contributed by atoms with Crippen LogP contribution in [0.5, 0.6) is 11.5 Å². The van der Waals surface area contributed by atoms with Gasteiger partial charge in [0.05, 0.1) is 17.6 Å². The van der Waals surface area contributed by atoms with Crippen LogP contribution in [0.25, 0.3) is 16.8 Å². The molecule has 35 heavy (non-hydrogen) atoms. The molecule has 3 aromatic heterocycles. The predicted octanol–water partition coefficient (Wildman–Crippen LogP) is 4.48. The van der Waals surface area contributed by atoms with E-state index in [0.717, 1.165) is 4.88 Å². The molecule has 1 saturated heterocycles. The third-order valence-electron chi connectivity index (χ3n) is 5.49. The van der Waals surface area contributed by atoms with Crippen molar-refractivity contribution in [3.63, 3.8) is 0 Å². The van der Waals surface area contributed by atoms with Crippen LogP contribution in [0.15, 0.2) is 70.8 Å². The highest BCUT2D eigenvalue weighted by molar-refractivity contribution is 7.13. The van der Waals surface area contributed by atoms with Gasteiger partial charge < -0.3 is 14.2 Å². The molecule has 4 aromatic rings. The summed E-state index contributed by atoms with van der Waals surface area (Å²) < 4.78 is 25.3. The minimum Gasteiger partial charge on any atom is -0.453 e. The summed E-state index contributed by atoms with van der Waals surface area (Å²) in [4.78, 5) is 25.9. The number of nitrogens with zero attached hydrogens (tertiary/aromatic N) is 5. The molecule has 5 rings (SSSR count). The van der Waals surface area contributed by atoms with Crippen LogP contribution in [-0.4, -0.2) is 57.0 Å². The summed E-state index contributed by atoms with van der Waals surface area (Å²) in [5, 5.41) is 6.01. The minimum atomic E-state index is -0.514. The van der Waals surface area contributed by atoms with Gasteiger partial charge in [-0.2, -0.15) is 4.98 Å². The van der Waals surface area contributed by atoms with Crippen molar-refractivity contribution in [2.75, 3.05) is 26.2 Å². The molecule has 0 bridgehead atoms. The molecule has 1 aliphatic heterocycles. The first-order valence-corrected chi connectivity index (χ1v) is 12.0. The smallest absolute Gasteiger partial charge is 0.246 e. The van der Waals surface area contributed by atoms with E-state index in [1.54, 1.807) is 46.7 Å². The third kappa shape index (κ3) is 5.79. The highest BCUT2D eigenvalue weighted by Gasteiger charge is 2.21. The second kappa shape index (κ2) is 10.6. The fraction of sp³-hybridized carbons (Fsp3) is 0.200. The lowest BCUT2D eigenvalue weighted by atomic mass is 10.2. The van der Waals surface area contributed by atoms with Crippen LogP contribution in [-0.2, 0) is 11.3 Å². The monoisotopic (exact) mass is 491 g/mol. The fourth-order valence-electron chi connectivity index (χ4n) is 3.65. The van der Waals surface area contributed by atoms with Crippen molar-refractivity contribution in [2.24, 2.45) is 0 Å². The van der Waals surface area contributed by atoms with Gasteiger partial charge in [0.1, 0.15) is 5.75 Å². The summed E-state index contributed by atoms with van der Waals surface area (Å²) in [5.41, 5.74) is 0.575. The van der Waals surface area contributed by atoms with Crippen LogP contribution in [0.2, 0.25) is 0 Å². The maximum absolute atomic E-state index is 14.4. The van der Waals surface area contributed by atoms with E-state index in [2.05, 4.69) is 20.0 Å². The van der Waals surface area contributed by atoms with Gasteiger partial charge in [-0.15, -0.1) is 11.3 Å². The van der Waals surface area contributed by atoms with Gasteiger partial charge in [0, 0.05) is 38.5 Å². The Labute approximate surface area is 205 Å². The van der Waals surface area contributed by atoms with Crippen LogP contribution < -0.4 is 4.74 Å². The summed E-state index contributed by atoms with van der Waals surface area (Å²) in [5.74, 6) is 1.08. The van der Waals surface area contributed by atoms with Gasteiger partial charge in [0.25, 0.3) is 0 Å². The van der Waals surface area contributed by atoms with E-state index in [9.17, 15) is 9.18 Å². The molecule has 0 N–H and O–H groups in total. The highest BCUT2D eigenvalue weighted by Crippen LogP contribution is 2.25. The van der Waals surface area contributed by atoms with E-state index in [4.69, 9.17) is 9.26 Å². The topological polar surface area (TPSA) is 84.6 Å². The van der Waals surface area contributed by atoms with Gasteiger partial charge in [-0.25, -0.2) is 4.39 Å². The molecule has 0 saturated carbocycles. The summed E-state index contributed by atoms with van der Waals surface area (Å²) in [7, 11) is 0. The lowest BCUT2D eigenvalue weighted by Crippen LogP contribution is -2.47. The quantitative estimate of drug-likeness (QED) is 0.352. The number of hydrogen-bond donors (Lipinski definition) is 0. The number of aromatic nitrogens is 3. The van der Waals surface area contributed by atoms with Gasteiger partial charge in [0.2, 0.25) is 17.6 Å². The van der Waals surface area contributed by atoms with Gasteiger partial charge in [-0.1, -0.05) is 17.3 Å². The van der Waals surface area contributed by atoms with Crippen LogP contribution >= 0.6 is 11.3 Å². The molecule has 0 aliphatic carbocycles. The minimum absolute atomic E-state index is 0.0985. The zero-order valence-corrected chi connectivity index (χ0v) is 19.5. The molecule has 0 atom stereocenters. The van der Waals surface area contributed by atoms with Gasteiger partial charge in [-0.3, -0.25) is 14.7 Å². The fourth-order valence-corrected chi connectivity index (χ4v) is 4.30. The van der Waals surface area contributed by atoms with E-state index in [1.807, 2.05) is 17.5 Å². The number of piperazine rings is 1. The molecule has 0 radical (unpaired) electrons. The molecular formula is C25H22FN5O3S. The van der Waals surface area contributed by atoms with Crippen molar-refractivity contribution in [2.45, 2.75) is 6.54 Å². The second-order valence-electron chi connectivity index (χ2n) is 7.90. The van der Waals surface area contributed by atoms with Gasteiger partial charge in [-0.05, 0) is 47.4 Å². The molecule has 0 spiro atoms. The average Bonchev–Trinajstić information content (AvgIpc) is 3.58. The molecule has 8 nitrogen and oxygen atoms in total. The zero-order chi connectivity index (χ0) is 24.0. The Hall–Kier alpha value is -3.89. The van der Waals surface area contributed by atoms with Crippen molar-refractivity contribution in [1.29, 1.82) is 0 Å². The number of carbonyl (C=O) groups is 1. The second-order valence-corrected chi connectivity index (χ2v) is 8.85. The van der Waals surface area contributed by atoms with E-state index in [1.165, 1.54) is 24.4 Å². The van der Waals surface area contributed by atoms with Crippen molar-refractivity contribution < 1.29 is 18.4 Å². The Morgan fingerprint density at radius 1 is 1.17 bits per heavy atom. The number of amides is 1. The summed E-state index contributed by atoms with van der Waals surface area (Å²) in [6, 6.07) is 11.9. The SMILES string of the molecule is O=C(/C=C/c1ccc(Oc2cccnc2)c(F)c1)N1CCN(Cc2nc(-c3cccs3)no2)CC1. The lowest BCUT2D eigenvalue weighted by molar-refractivity contribution is -0.127. The summed E-state index contributed by atoms with van der Waals surface area (Å²) in [6.07, 6.45) is 6.20. The van der Waals surface area contributed by atoms with Crippen LogP contribution in [0.3, 0.4) is 0 Å². The molecule has 10 heteroatoms. The number of ether oxygens (including phenoxy) is 1. The molecule has 1 fully saturated rings. The molecule has 1 amide bonds. The number of benzene rings is 1. The van der Waals surface area contributed by atoms with E-state index >= 15 is 0 Å². The maximum Gasteiger partial charge on any atom is 0.246 e. The number of rotatable bonds is 7. The van der Waals surface area contributed by atoms with Crippen molar-refractivity contribution >= 4 is 23.3 Å². The standard InChI is InChI=1S/C25H22FN5O3S/c26-20-15-18(5-7-21(20)33-19-3-1-9-27-16-19)6-8-24(32)31-12-10-30(11-13-31)17-23-28-25(29-34-23)22-4-2-14-35-22/h1-9,14-16H,10-13,17H2/b8-6+. The number of thiophene rings is 1. The average molecular weight is 492 g/mol. The van der Waals surface area contributed by atoms with Crippen molar-refractivity contribution in [3.05, 3.63) is 83.6 Å². The van der Waals surface area contributed by atoms with Crippen LogP contribution in [0.4, 0.5) is 4.39 Å². The number of pyridine rings is 1. The van der Waals surface area contributed by atoms with E-state index in [-0.39, 0.29) is 11.7 Å². The first-order chi connectivity index (χ1) is 17.1. The van der Waals surface area contributed by atoms with Crippen LogP contribution in [0, 0.1) is 5.82 Å².